The van der Waals surface area contributed by atoms with Crippen molar-refractivity contribution < 1.29 is 29.0 Å². The van der Waals surface area contributed by atoms with Crippen LogP contribution in [0.25, 0.3) is 0 Å². The zero-order valence-corrected chi connectivity index (χ0v) is 26.6. The summed E-state index contributed by atoms with van der Waals surface area (Å²) in [7, 11) is 1.51. The van der Waals surface area contributed by atoms with Gasteiger partial charge in [-0.1, -0.05) is 103 Å². The van der Waals surface area contributed by atoms with E-state index in [-0.39, 0.29) is 32.0 Å². The Hall–Kier alpha value is -4.53. The topological polar surface area (TPSA) is 114 Å². The van der Waals surface area contributed by atoms with Crippen molar-refractivity contribution >= 4 is 17.8 Å². The van der Waals surface area contributed by atoms with Gasteiger partial charge in [0.2, 0.25) is 11.8 Å². The number of methoxy groups -OCH3 is 1. The van der Waals surface area contributed by atoms with Gasteiger partial charge in [-0.3, -0.25) is 14.4 Å². The molecule has 0 heterocycles. The van der Waals surface area contributed by atoms with Gasteiger partial charge in [0, 0.05) is 13.5 Å². The smallest absolute Gasteiger partial charge is 0.310 e. The minimum atomic E-state index is -0.858. The Morgan fingerprint density at radius 1 is 0.783 bits per heavy atom. The molecule has 0 spiro atoms. The summed E-state index contributed by atoms with van der Waals surface area (Å²) in [6.07, 6.45) is 3.92. The molecule has 46 heavy (non-hydrogen) atoms. The van der Waals surface area contributed by atoms with E-state index >= 15 is 0 Å². The van der Waals surface area contributed by atoms with Crippen LogP contribution >= 0.6 is 0 Å². The second-order valence-electron chi connectivity index (χ2n) is 11.3. The molecule has 244 valence electrons. The van der Waals surface area contributed by atoms with Crippen LogP contribution in [0, 0.1) is 11.8 Å². The molecule has 3 aromatic rings. The maximum atomic E-state index is 13.7. The number of hydrogen-bond donors (Lipinski definition) is 3. The van der Waals surface area contributed by atoms with E-state index < -0.39 is 41.9 Å². The molecule has 0 saturated heterocycles. The monoisotopic (exact) mass is 626 g/mol. The highest BCUT2D eigenvalue weighted by molar-refractivity contribution is 5.86. The van der Waals surface area contributed by atoms with Crippen molar-refractivity contribution in [2.75, 3.05) is 20.3 Å². The molecule has 5 atom stereocenters. The predicted molar refractivity (Wildman–Crippen MR) is 180 cm³/mol. The van der Waals surface area contributed by atoms with Crippen LogP contribution in [0.4, 0.5) is 0 Å². The highest BCUT2D eigenvalue weighted by atomic mass is 16.5. The average Bonchev–Trinajstić information content (AvgIpc) is 3.07. The van der Waals surface area contributed by atoms with E-state index in [1.807, 2.05) is 91.0 Å². The van der Waals surface area contributed by atoms with Crippen molar-refractivity contribution in [1.29, 1.82) is 0 Å². The number of nitrogens with one attached hydrogen (secondary N) is 2. The number of ether oxygens (including phenoxy) is 2. The first-order chi connectivity index (χ1) is 22.4. The summed E-state index contributed by atoms with van der Waals surface area (Å²) in [5.74, 6) is -2.39. The number of allylic oxidation sites excluding steroid dienone is 2. The SMILES string of the molecule is C=CCC(CC(=O)NC(CO)Cc1ccccc1)C(=O)NC(COC)C(OC(=O)C(CC=C)Cc1ccccc1)c1ccccc1. The van der Waals surface area contributed by atoms with Crippen LogP contribution in [-0.2, 0) is 36.7 Å². The molecule has 3 aromatic carbocycles. The van der Waals surface area contributed by atoms with E-state index in [9.17, 15) is 19.5 Å². The summed E-state index contributed by atoms with van der Waals surface area (Å²) in [6.45, 7) is 7.42. The Morgan fingerprint density at radius 3 is 1.87 bits per heavy atom. The van der Waals surface area contributed by atoms with Gasteiger partial charge in [-0.2, -0.15) is 0 Å². The number of rotatable bonds is 20. The Kier molecular flexibility index (Phi) is 15.4. The molecule has 2 amide bonds. The lowest BCUT2D eigenvalue weighted by Crippen LogP contribution is -2.47. The molecule has 5 unspecified atom stereocenters. The number of amides is 2. The van der Waals surface area contributed by atoms with E-state index in [1.54, 1.807) is 12.2 Å². The molecule has 0 bridgehead atoms. The largest absolute Gasteiger partial charge is 0.455 e. The van der Waals surface area contributed by atoms with Crippen molar-refractivity contribution in [2.45, 2.75) is 50.3 Å². The molecular weight excluding hydrogens is 580 g/mol. The van der Waals surface area contributed by atoms with Crippen molar-refractivity contribution in [1.82, 2.24) is 10.6 Å². The lowest BCUT2D eigenvalue weighted by atomic mass is 9.95. The number of aliphatic hydroxyl groups is 1. The molecule has 0 aliphatic rings. The molecule has 3 rings (SSSR count). The van der Waals surface area contributed by atoms with E-state index in [0.717, 1.165) is 11.1 Å². The predicted octanol–water partition coefficient (Wildman–Crippen LogP) is 5.14. The third-order valence-electron chi connectivity index (χ3n) is 7.68. The van der Waals surface area contributed by atoms with Gasteiger partial charge in [-0.15, -0.1) is 13.2 Å². The van der Waals surface area contributed by atoms with E-state index in [1.165, 1.54) is 7.11 Å². The number of hydrogen-bond acceptors (Lipinski definition) is 6. The molecule has 8 nitrogen and oxygen atoms in total. The summed E-state index contributed by atoms with van der Waals surface area (Å²) in [5.41, 5.74) is 2.67. The summed E-state index contributed by atoms with van der Waals surface area (Å²) >= 11 is 0. The number of esters is 1. The zero-order valence-electron chi connectivity index (χ0n) is 26.6. The van der Waals surface area contributed by atoms with Gasteiger partial charge >= 0.3 is 5.97 Å². The van der Waals surface area contributed by atoms with E-state index in [4.69, 9.17) is 9.47 Å². The molecule has 0 saturated carbocycles. The third kappa shape index (κ3) is 11.8. The number of benzene rings is 3. The minimum absolute atomic E-state index is 0.0556. The van der Waals surface area contributed by atoms with Crippen LogP contribution in [0.15, 0.2) is 116 Å². The Bertz CT molecular complexity index is 1370. The maximum Gasteiger partial charge on any atom is 0.310 e. The molecular formula is C38H46N2O6. The van der Waals surface area contributed by atoms with Crippen molar-refractivity contribution in [2.24, 2.45) is 11.8 Å². The Labute approximate surface area is 272 Å². The quantitative estimate of drug-likeness (QED) is 0.118. The molecule has 0 aliphatic carbocycles. The lowest BCUT2D eigenvalue weighted by molar-refractivity contribution is -0.158. The normalized spacial score (nSPS) is 14.1. The van der Waals surface area contributed by atoms with Gasteiger partial charge in [-0.25, -0.2) is 0 Å². The summed E-state index contributed by atoms with van der Waals surface area (Å²) < 4.78 is 11.7. The average molecular weight is 627 g/mol. The molecule has 0 fully saturated rings. The van der Waals surface area contributed by atoms with Crippen molar-refractivity contribution in [3.05, 3.63) is 133 Å². The standard InChI is InChI=1S/C38H46N2O6/c1-4-15-31(25-35(42)39-33(26-41)24-29-19-11-7-12-20-29)37(43)40-34(27-45-3)36(30-21-13-8-14-22-30)46-38(44)32(16-5-2)23-28-17-9-6-10-18-28/h4-14,17-22,31-34,36,41H,1-2,15-16,23-27H2,3H3,(H,39,42)(H,40,43). The Balaban J connectivity index is 1.77. The van der Waals surface area contributed by atoms with Crippen LogP contribution in [0.2, 0.25) is 0 Å². The molecule has 8 heteroatoms. The first kappa shape index (κ1) is 35.9. The summed E-state index contributed by atoms with van der Waals surface area (Å²) in [6, 6.07) is 27.2. The minimum Gasteiger partial charge on any atom is -0.455 e. The summed E-state index contributed by atoms with van der Waals surface area (Å²) in [5, 5.41) is 15.7. The van der Waals surface area contributed by atoms with E-state index in [0.29, 0.717) is 24.8 Å². The molecule has 3 N–H and O–H groups in total. The maximum absolute atomic E-state index is 13.7. The fourth-order valence-corrected chi connectivity index (χ4v) is 5.35. The highest BCUT2D eigenvalue weighted by Gasteiger charge is 2.33. The van der Waals surface area contributed by atoms with Crippen LogP contribution in [-0.4, -0.2) is 55.3 Å². The molecule has 0 aromatic heterocycles. The number of carbonyl (C=O) groups excluding carboxylic acids is 3. The highest BCUT2D eigenvalue weighted by Crippen LogP contribution is 2.26. The fourth-order valence-electron chi connectivity index (χ4n) is 5.35. The molecule has 0 aliphatic heterocycles. The fraction of sp³-hybridized carbons (Fsp3) is 0.342. The van der Waals surface area contributed by atoms with Gasteiger partial charge in [0.05, 0.1) is 37.1 Å². The van der Waals surface area contributed by atoms with E-state index in [2.05, 4.69) is 23.8 Å². The van der Waals surface area contributed by atoms with Crippen molar-refractivity contribution in [3.8, 4) is 0 Å². The van der Waals surface area contributed by atoms with Gasteiger partial charge in [0.15, 0.2) is 0 Å². The summed E-state index contributed by atoms with van der Waals surface area (Å²) in [4.78, 5) is 40.4. The molecule has 0 radical (unpaired) electrons. The Morgan fingerprint density at radius 2 is 1.33 bits per heavy atom. The van der Waals surface area contributed by atoms with Gasteiger partial charge in [0.1, 0.15) is 6.10 Å². The van der Waals surface area contributed by atoms with Gasteiger partial charge < -0.3 is 25.2 Å². The zero-order chi connectivity index (χ0) is 33.1. The van der Waals surface area contributed by atoms with Crippen LogP contribution in [0.5, 0.6) is 0 Å². The third-order valence-corrected chi connectivity index (χ3v) is 7.68. The number of aliphatic hydroxyl groups excluding tert-OH is 1. The van der Waals surface area contributed by atoms with Crippen LogP contribution in [0.1, 0.15) is 42.1 Å². The van der Waals surface area contributed by atoms with Gasteiger partial charge in [0.25, 0.3) is 0 Å². The van der Waals surface area contributed by atoms with Crippen LogP contribution < -0.4 is 10.6 Å². The lowest BCUT2D eigenvalue weighted by Gasteiger charge is -2.30. The first-order valence-electron chi connectivity index (χ1n) is 15.6. The first-order valence-corrected chi connectivity index (χ1v) is 15.6. The van der Waals surface area contributed by atoms with Crippen LogP contribution in [0.3, 0.4) is 0 Å². The van der Waals surface area contributed by atoms with Crippen molar-refractivity contribution in [3.63, 3.8) is 0 Å². The number of carbonyl (C=O) groups is 3. The van der Waals surface area contributed by atoms with Gasteiger partial charge in [-0.05, 0) is 42.4 Å². The second kappa shape index (κ2) is 19.8. The second-order valence-corrected chi connectivity index (χ2v) is 11.3.